The summed E-state index contributed by atoms with van der Waals surface area (Å²) in [4.78, 5) is 20.6. The number of nitrogens with one attached hydrogen (secondary N) is 1. The Bertz CT molecular complexity index is 1050. The van der Waals surface area contributed by atoms with Gasteiger partial charge in [0.05, 0.1) is 7.11 Å². The number of H-pyrrole nitrogens is 1. The maximum absolute atomic E-state index is 12.8. The minimum atomic E-state index is 0.150. The minimum absolute atomic E-state index is 0.150. The number of carbonyl (C=O) groups excluding carboxylic acids is 1. The molecule has 2 aromatic carbocycles. The van der Waals surface area contributed by atoms with Crippen molar-refractivity contribution in [2.24, 2.45) is 5.41 Å². The number of carbonyl (C=O) groups is 1. The van der Waals surface area contributed by atoms with E-state index in [1.54, 1.807) is 7.11 Å². The van der Waals surface area contributed by atoms with Crippen LogP contribution in [0.25, 0.3) is 10.9 Å². The Labute approximate surface area is 177 Å². The third kappa shape index (κ3) is 3.82. The summed E-state index contributed by atoms with van der Waals surface area (Å²) < 4.78 is 5.32. The number of piperidine rings is 1. The lowest BCUT2D eigenvalue weighted by atomic mass is 9.77. The van der Waals surface area contributed by atoms with Crippen molar-refractivity contribution in [1.29, 1.82) is 0 Å². The van der Waals surface area contributed by atoms with Crippen LogP contribution in [0, 0.1) is 5.41 Å². The van der Waals surface area contributed by atoms with Crippen molar-refractivity contribution < 1.29 is 9.53 Å². The molecule has 5 rings (SSSR count). The van der Waals surface area contributed by atoms with Gasteiger partial charge in [-0.1, -0.05) is 18.2 Å². The van der Waals surface area contributed by atoms with Crippen LogP contribution in [0.15, 0.2) is 54.7 Å². The molecule has 3 heterocycles. The van der Waals surface area contributed by atoms with Gasteiger partial charge < -0.3 is 14.6 Å². The molecule has 1 amide bonds. The number of rotatable bonds is 5. The number of benzene rings is 2. The third-order valence-corrected chi connectivity index (χ3v) is 6.85. The molecule has 2 fully saturated rings. The van der Waals surface area contributed by atoms with Crippen molar-refractivity contribution in [3.05, 3.63) is 65.9 Å². The van der Waals surface area contributed by atoms with Crippen LogP contribution in [-0.4, -0.2) is 47.4 Å². The molecular formula is C25H29N3O2. The second kappa shape index (κ2) is 7.80. The Hall–Kier alpha value is -2.79. The summed E-state index contributed by atoms with van der Waals surface area (Å²) in [6.07, 6.45) is 4.88. The van der Waals surface area contributed by atoms with Gasteiger partial charge >= 0.3 is 0 Å². The lowest BCUT2D eigenvalue weighted by Gasteiger charge is -2.39. The SMILES string of the molecule is COc1cccc(CN2CC3(CCN(Cc4ccc5[nH]ccc5c4)CC3)CC2=O)c1. The Kier molecular flexibility index (Phi) is 4.99. The first-order valence-electron chi connectivity index (χ1n) is 10.8. The second-order valence-electron chi connectivity index (χ2n) is 8.95. The van der Waals surface area contributed by atoms with Crippen LogP contribution in [0.5, 0.6) is 5.75 Å². The van der Waals surface area contributed by atoms with Crippen molar-refractivity contribution in [3.8, 4) is 5.75 Å². The summed E-state index contributed by atoms with van der Waals surface area (Å²) in [5.41, 5.74) is 3.84. The minimum Gasteiger partial charge on any atom is -0.497 e. The van der Waals surface area contributed by atoms with Crippen LogP contribution in [0.2, 0.25) is 0 Å². The number of likely N-dealkylation sites (tertiary alicyclic amines) is 2. The van der Waals surface area contributed by atoms with Crippen LogP contribution in [0.4, 0.5) is 0 Å². The molecule has 2 aliphatic heterocycles. The molecule has 0 radical (unpaired) electrons. The number of aromatic nitrogens is 1. The first kappa shape index (κ1) is 19.2. The summed E-state index contributed by atoms with van der Waals surface area (Å²) in [6.45, 7) is 4.67. The van der Waals surface area contributed by atoms with Crippen molar-refractivity contribution in [1.82, 2.24) is 14.8 Å². The number of methoxy groups -OCH3 is 1. The quantitative estimate of drug-likeness (QED) is 0.695. The maximum Gasteiger partial charge on any atom is 0.223 e. The third-order valence-electron chi connectivity index (χ3n) is 6.85. The summed E-state index contributed by atoms with van der Waals surface area (Å²) in [5, 5.41) is 1.27. The van der Waals surface area contributed by atoms with Gasteiger partial charge in [0, 0.05) is 37.8 Å². The molecule has 0 saturated carbocycles. The Morgan fingerprint density at radius 2 is 1.87 bits per heavy atom. The lowest BCUT2D eigenvalue weighted by molar-refractivity contribution is -0.128. The van der Waals surface area contributed by atoms with Gasteiger partial charge in [-0.25, -0.2) is 0 Å². The van der Waals surface area contributed by atoms with Crippen molar-refractivity contribution in [3.63, 3.8) is 0 Å². The van der Waals surface area contributed by atoms with Crippen molar-refractivity contribution in [2.45, 2.75) is 32.4 Å². The lowest BCUT2D eigenvalue weighted by Crippen LogP contribution is -2.41. The molecule has 1 aromatic heterocycles. The van der Waals surface area contributed by atoms with E-state index in [1.165, 1.54) is 16.5 Å². The van der Waals surface area contributed by atoms with Gasteiger partial charge in [0.25, 0.3) is 0 Å². The Balaban J connectivity index is 1.19. The molecule has 0 aliphatic carbocycles. The number of nitrogens with zero attached hydrogens (tertiary/aromatic N) is 2. The molecule has 1 spiro atoms. The molecule has 1 N–H and O–H groups in total. The largest absolute Gasteiger partial charge is 0.497 e. The molecule has 3 aromatic rings. The highest BCUT2D eigenvalue weighted by atomic mass is 16.5. The summed E-state index contributed by atoms with van der Waals surface area (Å²) in [7, 11) is 1.68. The molecule has 2 aliphatic rings. The molecule has 0 bridgehead atoms. The van der Waals surface area contributed by atoms with E-state index in [0.717, 1.165) is 50.3 Å². The monoisotopic (exact) mass is 403 g/mol. The highest BCUT2D eigenvalue weighted by Crippen LogP contribution is 2.41. The zero-order chi connectivity index (χ0) is 20.6. The number of hydrogen-bond donors (Lipinski definition) is 1. The van der Waals surface area contributed by atoms with Crippen LogP contribution in [0.3, 0.4) is 0 Å². The van der Waals surface area contributed by atoms with E-state index in [1.807, 2.05) is 29.3 Å². The number of aromatic amines is 1. The predicted molar refractivity (Wildman–Crippen MR) is 118 cm³/mol. The first-order chi connectivity index (χ1) is 14.6. The Morgan fingerprint density at radius 3 is 2.70 bits per heavy atom. The topological polar surface area (TPSA) is 48.6 Å². The van der Waals surface area contributed by atoms with E-state index in [-0.39, 0.29) is 5.41 Å². The molecule has 0 atom stereocenters. The fourth-order valence-electron chi connectivity index (χ4n) is 5.10. The molecule has 5 nitrogen and oxygen atoms in total. The maximum atomic E-state index is 12.8. The molecule has 2 saturated heterocycles. The molecular weight excluding hydrogens is 374 g/mol. The number of ether oxygens (including phenoxy) is 1. The smallest absolute Gasteiger partial charge is 0.223 e. The fraction of sp³-hybridized carbons (Fsp3) is 0.400. The van der Waals surface area contributed by atoms with E-state index in [4.69, 9.17) is 4.74 Å². The van der Waals surface area contributed by atoms with Gasteiger partial charge in [-0.2, -0.15) is 0 Å². The van der Waals surface area contributed by atoms with Gasteiger partial charge in [-0.15, -0.1) is 0 Å². The van der Waals surface area contributed by atoms with E-state index < -0.39 is 0 Å². The average Bonchev–Trinajstić information content (AvgIpc) is 3.34. The van der Waals surface area contributed by atoms with Crippen LogP contribution in [0.1, 0.15) is 30.4 Å². The average molecular weight is 404 g/mol. The highest BCUT2D eigenvalue weighted by Gasteiger charge is 2.44. The number of hydrogen-bond acceptors (Lipinski definition) is 3. The fourth-order valence-corrected chi connectivity index (χ4v) is 5.10. The van der Waals surface area contributed by atoms with Crippen LogP contribution < -0.4 is 4.74 Å². The zero-order valence-electron chi connectivity index (χ0n) is 17.6. The van der Waals surface area contributed by atoms with E-state index in [2.05, 4.69) is 40.2 Å². The van der Waals surface area contributed by atoms with Crippen molar-refractivity contribution >= 4 is 16.8 Å². The normalized spacial score (nSPS) is 19.1. The number of fused-ring (bicyclic) bond motifs is 1. The van der Waals surface area contributed by atoms with Crippen LogP contribution in [-0.2, 0) is 17.9 Å². The zero-order valence-corrected chi connectivity index (χ0v) is 17.6. The summed E-state index contributed by atoms with van der Waals surface area (Å²) in [5.74, 6) is 1.14. The molecule has 0 unspecified atom stereocenters. The number of amides is 1. The van der Waals surface area contributed by atoms with Gasteiger partial charge in [-0.05, 0) is 78.2 Å². The predicted octanol–water partition coefficient (Wildman–Crippen LogP) is 4.19. The second-order valence-corrected chi connectivity index (χ2v) is 8.95. The van der Waals surface area contributed by atoms with Gasteiger partial charge in [0.15, 0.2) is 0 Å². The van der Waals surface area contributed by atoms with E-state index in [9.17, 15) is 4.79 Å². The van der Waals surface area contributed by atoms with Gasteiger partial charge in [-0.3, -0.25) is 9.69 Å². The van der Waals surface area contributed by atoms with E-state index in [0.29, 0.717) is 18.9 Å². The van der Waals surface area contributed by atoms with Crippen LogP contribution >= 0.6 is 0 Å². The highest BCUT2D eigenvalue weighted by molar-refractivity contribution is 5.80. The summed E-state index contributed by atoms with van der Waals surface area (Å²) >= 11 is 0. The van der Waals surface area contributed by atoms with E-state index >= 15 is 0 Å². The van der Waals surface area contributed by atoms with Gasteiger partial charge in [0.2, 0.25) is 5.91 Å². The molecule has 30 heavy (non-hydrogen) atoms. The molecule has 5 heteroatoms. The molecule has 156 valence electrons. The standard InChI is InChI=1S/C25H29N3O2/c1-30-22-4-2-3-19(14-22)17-28-18-25(15-24(28)29)8-11-27(12-9-25)16-20-5-6-23-21(13-20)7-10-26-23/h2-7,10,13-14,26H,8-9,11-12,15-18H2,1H3. The van der Waals surface area contributed by atoms with Gasteiger partial charge in [0.1, 0.15) is 5.75 Å². The van der Waals surface area contributed by atoms with Crippen molar-refractivity contribution in [2.75, 3.05) is 26.7 Å². The summed E-state index contributed by atoms with van der Waals surface area (Å²) in [6, 6.07) is 16.8. The first-order valence-corrected chi connectivity index (χ1v) is 10.8. The Morgan fingerprint density at radius 1 is 1.03 bits per heavy atom.